The minimum Gasteiger partial charge on any atom is -0.378 e. The Morgan fingerprint density at radius 2 is 2.33 bits per heavy atom. The lowest BCUT2D eigenvalue weighted by Gasteiger charge is -2.27. The lowest BCUT2D eigenvalue weighted by atomic mass is 9.84. The fourth-order valence-corrected chi connectivity index (χ4v) is 2.38. The minimum atomic E-state index is -0.311. The summed E-state index contributed by atoms with van der Waals surface area (Å²) in [6.45, 7) is 6.51. The highest BCUT2D eigenvalue weighted by atomic mass is 19.1. The smallest absolute Gasteiger partial charge is 0.221 e. The van der Waals surface area contributed by atoms with Gasteiger partial charge in [-0.3, -0.25) is 4.79 Å². The highest BCUT2D eigenvalue weighted by molar-refractivity contribution is 5.76. The number of amides is 1. The number of rotatable bonds is 5. The number of carbonyl (C=O) groups excluding carboxylic acids is 1. The van der Waals surface area contributed by atoms with E-state index in [0.29, 0.717) is 26.2 Å². The molecule has 1 aliphatic rings. The quantitative estimate of drug-likeness (QED) is 0.867. The maximum atomic E-state index is 13.3. The van der Waals surface area contributed by atoms with Crippen LogP contribution in [0.5, 0.6) is 0 Å². The number of benzene rings is 1. The summed E-state index contributed by atoms with van der Waals surface area (Å²) in [5, 5.41) is 6.18. The Balaban J connectivity index is 1.84. The predicted molar refractivity (Wildman–Crippen MR) is 79.7 cm³/mol. The van der Waals surface area contributed by atoms with Crippen molar-refractivity contribution < 1.29 is 13.9 Å². The summed E-state index contributed by atoms with van der Waals surface area (Å²) in [4.78, 5) is 12.0. The van der Waals surface area contributed by atoms with Crippen LogP contribution in [0.4, 0.5) is 4.39 Å². The molecule has 1 aromatic rings. The van der Waals surface area contributed by atoms with Gasteiger partial charge in [0.25, 0.3) is 0 Å². The molecule has 1 fully saturated rings. The molecule has 5 heteroatoms. The number of hydrogen-bond donors (Lipinski definition) is 2. The van der Waals surface area contributed by atoms with Crippen molar-refractivity contribution in [1.29, 1.82) is 0 Å². The van der Waals surface area contributed by atoms with Crippen LogP contribution in [0.3, 0.4) is 0 Å². The van der Waals surface area contributed by atoms with Gasteiger partial charge in [-0.15, -0.1) is 0 Å². The van der Waals surface area contributed by atoms with Crippen LogP contribution in [0.25, 0.3) is 0 Å². The highest BCUT2D eigenvalue weighted by Gasteiger charge is 2.23. The Labute approximate surface area is 125 Å². The monoisotopic (exact) mass is 294 g/mol. The summed E-state index contributed by atoms with van der Waals surface area (Å²) in [5.41, 5.74) is 0.566. The molecule has 0 saturated carbocycles. The van der Waals surface area contributed by atoms with Gasteiger partial charge in [0.1, 0.15) is 5.82 Å². The zero-order valence-corrected chi connectivity index (χ0v) is 12.6. The zero-order chi connectivity index (χ0) is 15.3. The first-order valence-electron chi connectivity index (χ1n) is 7.31. The molecule has 0 spiro atoms. The molecule has 21 heavy (non-hydrogen) atoms. The molecule has 1 saturated heterocycles. The Morgan fingerprint density at radius 3 is 3.00 bits per heavy atom. The van der Waals surface area contributed by atoms with Crippen molar-refractivity contribution in [1.82, 2.24) is 10.6 Å². The molecule has 4 nitrogen and oxygen atoms in total. The van der Waals surface area contributed by atoms with E-state index in [4.69, 9.17) is 4.74 Å². The molecule has 0 radical (unpaired) electrons. The van der Waals surface area contributed by atoms with Crippen molar-refractivity contribution in [2.75, 3.05) is 26.3 Å². The third kappa shape index (κ3) is 4.79. The highest BCUT2D eigenvalue weighted by Crippen LogP contribution is 2.22. The van der Waals surface area contributed by atoms with Gasteiger partial charge < -0.3 is 15.4 Å². The van der Waals surface area contributed by atoms with Gasteiger partial charge in [-0.2, -0.15) is 0 Å². The molecule has 0 bridgehead atoms. The van der Waals surface area contributed by atoms with E-state index >= 15 is 0 Å². The topological polar surface area (TPSA) is 50.4 Å². The predicted octanol–water partition coefficient (Wildman–Crippen LogP) is 1.60. The standard InChI is InChI=1S/C16H23FN2O2/c1-16(2,12-4-3-5-13(17)8-12)11-19-15(20)9-14-10-21-7-6-18-14/h3-5,8,14,18H,6-7,9-11H2,1-2H3,(H,19,20). The second-order valence-electron chi connectivity index (χ2n) is 6.10. The molecular formula is C16H23FN2O2. The van der Waals surface area contributed by atoms with Crippen LogP contribution < -0.4 is 10.6 Å². The van der Waals surface area contributed by atoms with Gasteiger partial charge in [0, 0.05) is 31.0 Å². The van der Waals surface area contributed by atoms with Gasteiger partial charge in [0.2, 0.25) is 5.91 Å². The van der Waals surface area contributed by atoms with E-state index in [1.165, 1.54) is 12.1 Å². The van der Waals surface area contributed by atoms with E-state index in [0.717, 1.165) is 12.1 Å². The Hall–Kier alpha value is -1.46. The normalized spacial score (nSPS) is 19.3. The molecule has 1 unspecified atom stereocenters. The summed E-state index contributed by atoms with van der Waals surface area (Å²) < 4.78 is 18.6. The maximum absolute atomic E-state index is 13.3. The Morgan fingerprint density at radius 1 is 1.52 bits per heavy atom. The van der Waals surface area contributed by atoms with Gasteiger partial charge in [-0.25, -0.2) is 4.39 Å². The van der Waals surface area contributed by atoms with Crippen LogP contribution in [0.15, 0.2) is 24.3 Å². The SMILES string of the molecule is CC(C)(CNC(=O)CC1COCCN1)c1cccc(F)c1. The van der Waals surface area contributed by atoms with Gasteiger partial charge >= 0.3 is 0 Å². The van der Waals surface area contributed by atoms with E-state index in [1.807, 2.05) is 19.9 Å². The maximum Gasteiger partial charge on any atom is 0.221 e. The van der Waals surface area contributed by atoms with Crippen LogP contribution in [0, 0.1) is 5.82 Å². The number of halogens is 1. The van der Waals surface area contributed by atoms with Crippen LogP contribution in [-0.4, -0.2) is 38.3 Å². The summed E-state index contributed by atoms with van der Waals surface area (Å²) in [6.07, 6.45) is 0.402. The average molecular weight is 294 g/mol. The van der Waals surface area contributed by atoms with Crippen molar-refractivity contribution in [3.63, 3.8) is 0 Å². The molecule has 2 N–H and O–H groups in total. The molecule has 116 valence electrons. The molecule has 1 aliphatic heterocycles. The molecule has 1 heterocycles. The van der Waals surface area contributed by atoms with Crippen molar-refractivity contribution in [3.8, 4) is 0 Å². The van der Waals surface area contributed by atoms with Crippen molar-refractivity contribution in [2.45, 2.75) is 31.7 Å². The molecule has 2 rings (SSSR count). The first-order chi connectivity index (χ1) is 9.97. The number of morpholine rings is 1. The summed E-state index contributed by atoms with van der Waals surface area (Å²) in [6, 6.07) is 6.59. The fraction of sp³-hybridized carbons (Fsp3) is 0.562. The summed E-state index contributed by atoms with van der Waals surface area (Å²) in [7, 11) is 0. The van der Waals surface area contributed by atoms with E-state index in [1.54, 1.807) is 6.07 Å². The molecule has 0 aromatic heterocycles. The van der Waals surface area contributed by atoms with Crippen LogP contribution >= 0.6 is 0 Å². The van der Waals surface area contributed by atoms with Gasteiger partial charge in [-0.05, 0) is 17.7 Å². The van der Waals surface area contributed by atoms with Crippen LogP contribution in [0.1, 0.15) is 25.8 Å². The lowest BCUT2D eigenvalue weighted by molar-refractivity contribution is -0.122. The van der Waals surface area contributed by atoms with Gasteiger partial charge in [0.15, 0.2) is 0 Å². The zero-order valence-electron chi connectivity index (χ0n) is 12.6. The Kier molecular flexibility index (Phi) is 5.31. The second-order valence-corrected chi connectivity index (χ2v) is 6.10. The van der Waals surface area contributed by atoms with Gasteiger partial charge in [0.05, 0.1) is 13.2 Å². The molecule has 1 aromatic carbocycles. The van der Waals surface area contributed by atoms with Crippen molar-refractivity contribution >= 4 is 5.91 Å². The largest absolute Gasteiger partial charge is 0.378 e. The van der Waals surface area contributed by atoms with Crippen molar-refractivity contribution in [2.24, 2.45) is 0 Å². The summed E-state index contributed by atoms with van der Waals surface area (Å²) >= 11 is 0. The van der Waals surface area contributed by atoms with E-state index < -0.39 is 0 Å². The number of ether oxygens (including phenoxy) is 1. The second kappa shape index (κ2) is 7.00. The van der Waals surface area contributed by atoms with Crippen LogP contribution in [-0.2, 0) is 14.9 Å². The first-order valence-corrected chi connectivity index (χ1v) is 7.31. The van der Waals surface area contributed by atoms with Crippen molar-refractivity contribution in [3.05, 3.63) is 35.6 Å². The van der Waals surface area contributed by atoms with E-state index in [-0.39, 0.29) is 23.2 Å². The van der Waals surface area contributed by atoms with E-state index in [9.17, 15) is 9.18 Å². The van der Waals surface area contributed by atoms with E-state index in [2.05, 4.69) is 10.6 Å². The number of carbonyl (C=O) groups is 1. The molecular weight excluding hydrogens is 271 g/mol. The third-order valence-electron chi connectivity index (χ3n) is 3.76. The first kappa shape index (κ1) is 15.9. The minimum absolute atomic E-state index is 0.0116. The summed E-state index contributed by atoms with van der Waals surface area (Å²) in [5.74, 6) is -0.266. The average Bonchev–Trinajstić information content (AvgIpc) is 2.46. The fourth-order valence-electron chi connectivity index (χ4n) is 2.38. The Bertz CT molecular complexity index is 485. The molecule has 1 amide bonds. The van der Waals surface area contributed by atoms with Crippen LogP contribution in [0.2, 0.25) is 0 Å². The third-order valence-corrected chi connectivity index (χ3v) is 3.76. The molecule has 0 aliphatic carbocycles. The van der Waals surface area contributed by atoms with Gasteiger partial charge in [-0.1, -0.05) is 26.0 Å². The molecule has 1 atom stereocenters. The number of nitrogens with one attached hydrogen (secondary N) is 2. The lowest BCUT2D eigenvalue weighted by Crippen LogP contribution is -2.45. The number of hydrogen-bond acceptors (Lipinski definition) is 3.